The van der Waals surface area contributed by atoms with E-state index < -0.39 is 0 Å². The van der Waals surface area contributed by atoms with Gasteiger partial charge in [-0.05, 0) is 13.0 Å². The van der Waals surface area contributed by atoms with Gasteiger partial charge in [0.05, 0.1) is 12.3 Å². The summed E-state index contributed by atoms with van der Waals surface area (Å²) in [5, 5.41) is 9.92. The van der Waals surface area contributed by atoms with Gasteiger partial charge in [0.2, 0.25) is 0 Å². The summed E-state index contributed by atoms with van der Waals surface area (Å²) in [5.41, 5.74) is 2.04. The Morgan fingerprint density at radius 2 is 2.36 bits per heavy atom. The molecule has 2 N–H and O–H groups in total. The van der Waals surface area contributed by atoms with Crippen LogP contribution in [-0.4, -0.2) is 23.1 Å². The number of rotatable bonds is 3. The zero-order valence-corrected chi connectivity index (χ0v) is 8.16. The molecular weight excluding hydrogens is 180 g/mol. The Labute approximate surface area is 81.9 Å². The number of H-pyrrole nitrogens is 1. The third-order valence-corrected chi connectivity index (χ3v) is 1.83. The van der Waals surface area contributed by atoms with Gasteiger partial charge in [-0.2, -0.15) is 5.10 Å². The number of nitrogens with one attached hydrogen (secondary N) is 2. The van der Waals surface area contributed by atoms with Crippen LogP contribution >= 0.6 is 0 Å². The molecule has 0 amide bonds. The maximum absolute atomic E-state index is 4.96. The lowest BCUT2D eigenvalue weighted by Gasteiger charge is -2.14. The topological polar surface area (TPSA) is 62.3 Å². The van der Waals surface area contributed by atoms with Crippen molar-refractivity contribution in [1.29, 1.82) is 0 Å². The molecule has 5 heteroatoms. The van der Waals surface area contributed by atoms with Gasteiger partial charge >= 0.3 is 0 Å². The van der Waals surface area contributed by atoms with E-state index in [0.717, 1.165) is 17.2 Å². The van der Waals surface area contributed by atoms with Crippen LogP contribution in [-0.2, 0) is 11.3 Å². The van der Waals surface area contributed by atoms with E-state index in [4.69, 9.17) is 4.74 Å². The SMILES string of the molecule is COCc1cc(N=C2C=C(C)N2)n[nH]1. The minimum atomic E-state index is 0.528. The van der Waals surface area contributed by atoms with Gasteiger partial charge < -0.3 is 10.1 Å². The van der Waals surface area contributed by atoms with Crippen molar-refractivity contribution in [3.63, 3.8) is 0 Å². The number of nitrogens with zero attached hydrogens (tertiary/aromatic N) is 2. The number of allylic oxidation sites excluding steroid dienone is 1. The molecule has 0 unspecified atom stereocenters. The molecule has 1 aromatic rings. The first-order valence-corrected chi connectivity index (χ1v) is 4.35. The monoisotopic (exact) mass is 192 g/mol. The smallest absolute Gasteiger partial charge is 0.176 e. The third-order valence-electron chi connectivity index (χ3n) is 1.83. The number of hydrogen-bond donors (Lipinski definition) is 2. The molecule has 0 saturated carbocycles. The molecule has 0 spiro atoms. The predicted octanol–water partition coefficient (Wildman–Crippen LogP) is 1.09. The van der Waals surface area contributed by atoms with Gasteiger partial charge in [-0.3, -0.25) is 5.10 Å². The van der Waals surface area contributed by atoms with Crippen LogP contribution in [0.5, 0.6) is 0 Å². The molecule has 2 heterocycles. The molecular formula is C9H12N4O. The van der Waals surface area contributed by atoms with Crippen LogP contribution in [0.15, 0.2) is 22.8 Å². The van der Waals surface area contributed by atoms with E-state index in [1.807, 2.05) is 19.1 Å². The van der Waals surface area contributed by atoms with E-state index in [-0.39, 0.29) is 0 Å². The zero-order chi connectivity index (χ0) is 9.97. The Hall–Kier alpha value is -1.62. The largest absolute Gasteiger partial charge is 0.378 e. The number of amidine groups is 1. The zero-order valence-electron chi connectivity index (χ0n) is 8.16. The molecule has 1 aliphatic heterocycles. The molecule has 1 aliphatic rings. The average molecular weight is 192 g/mol. The highest BCUT2D eigenvalue weighted by Gasteiger charge is 2.08. The standard InChI is InChI=1S/C9H12N4O/c1-6-3-8(10-6)11-9-4-7(5-14-2)12-13-9/h3-4H,5H2,1-2H3,(H2,10,11,12,13). The van der Waals surface area contributed by atoms with Crippen LogP contribution < -0.4 is 5.32 Å². The van der Waals surface area contributed by atoms with Crippen molar-refractivity contribution >= 4 is 11.7 Å². The summed E-state index contributed by atoms with van der Waals surface area (Å²) in [5.74, 6) is 1.52. The molecule has 0 aromatic carbocycles. The van der Waals surface area contributed by atoms with Crippen molar-refractivity contribution < 1.29 is 4.74 Å². The van der Waals surface area contributed by atoms with Gasteiger partial charge in [0.15, 0.2) is 5.82 Å². The molecule has 0 fully saturated rings. The van der Waals surface area contributed by atoms with Crippen LogP contribution in [0.25, 0.3) is 0 Å². The number of hydrogen-bond acceptors (Lipinski definition) is 3. The summed E-state index contributed by atoms with van der Waals surface area (Å²) < 4.78 is 4.96. The molecule has 74 valence electrons. The molecule has 1 aromatic heterocycles. The highest BCUT2D eigenvalue weighted by Crippen LogP contribution is 2.12. The van der Waals surface area contributed by atoms with Gasteiger partial charge in [-0.25, -0.2) is 4.99 Å². The Bertz CT molecular complexity index is 391. The summed E-state index contributed by atoms with van der Waals surface area (Å²) in [6.07, 6.45) is 1.96. The van der Waals surface area contributed by atoms with Crippen LogP contribution in [0.4, 0.5) is 5.82 Å². The number of aromatic amines is 1. The molecule has 0 saturated heterocycles. The first-order chi connectivity index (χ1) is 6.78. The molecule has 0 radical (unpaired) electrons. The Morgan fingerprint density at radius 1 is 1.57 bits per heavy atom. The van der Waals surface area contributed by atoms with Crippen molar-refractivity contribution in [2.75, 3.05) is 7.11 Å². The van der Waals surface area contributed by atoms with E-state index in [9.17, 15) is 0 Å². The predicted molar refractivity (Wildman–Crippen MR) is 53.3 cm³/mol. The van der Waals surface area contributed by atoms with E-state index >= 15 is 0 Å². The number of methoxy groups -OCH3 is 1. The number of aliphatic imine (C=N–C) groups is 1. The Kier molecular flexibility index (Phi) is 2.32. The maximum atomic E-state index is 4.96. The van der Waals surface area contributed by atoms with Gasteiger partial charge in [0.25, 0.3) is 0 Å². The van der Waals surface area contributed by atoms with Crippen LogP contribution in [0, 0.1) is 0 Å². The van der Waals surface area contributed by atoms with Crippen molar-refractivity contribution in [3.05, 3.63) is 23.5 Å². The second-order valence-corrected chi connectivity index (χ2v) is 3.13. The minimum Gasteiger partial charge on any atom is -0.378 e. The van der Waals surface area contributed by atoms with Gasteiger partial charge in [0, 0.05) is 18.9 Å². The lowest BCUT2D eigenvalue weighted by molar-refractivity contribution is 0.181. The summed E-state index contributed by atoms with van der Waals surface area (Å²) in [6, 6.07) is 1.86. The summed E-state index contributed by atoms with van der Waals surface area (Å²) in [4.78, 5) is 4.25. The number of aromatic nitrogens is 2. The molecule has 2 rings (SSSR count). The minimum absolute atomic E-state index is 0.528. The lowest BCUT2D eigenvalue weighted by atomic mass is 10.3. The van der Waals surface area contributed by atoms with Crippen molar-refractivity contribution in [2.24, 2.45) is 4.99 Å². The van der Waals surface area contributed by atoms with Gasteiger partial charge in [-0.1, -0.05) is 0 Å². The van der Waals surface area contributed by atoms with Crippen molar-refractivity contribution in [2.45, 2.75) is 13.5 Å². The fraction of sp³-hybridized carbons (Fsp3) is 0.333. The fourth-order valence-corrected chi connectivity index (χ4v) is 1.22. The second-order valence-electron chi connectivity index (χ2n) is 3.13. The van der Waals surface area contributed by atoms with E-state index in [1.54, 1.807) is 7.11 Å². The van der Waals surface area contributed by atoms with E-state index in [2.05, 4.69) is 20.5 Å². The fourth-order valence-electron chi connectivity index (χ4n) is 1.22. The quantitative estimate of drug-likeness (QED) is 0.753. The first-order valence-electron chi connectivity index (χ1n) is 4.35. The van der Waals surface area contributed by atoms with E-state index in [1.165, 1.54) is 0 Å². The normalized spacial score (nSPS) is 17.6. The average Bonchev–Trinajstić information content (AvgIpc) is 2.51. The first kappa shape index (κ1) is 8.96. The Balaban J connectivity index is 2.07. The summed E-state index contributed by atoms with van der Waals surface area (Å²) >= 11 is 0. The van der Waals surface area contributed by atoms with Crippen LogP contribution in [0.3, 0.4) is 0 Å². The van der Waals surface area contributed by atoms with Gasteiger partial charge in [0.1, 0.15) is 5.84 Å². The molecule has 0 bridgehead atoms. The van der Waals surface area contributed by atoms with Crippen LogP contribution in [0.2, 0.25) is 0 Å². The highest BCUT2D eigenvalue weighted by molar-refractivity contribution is 6.01. The summed E-state index contributed by atoms with van der Waals surface area (Å²) in [6.45, 7) is 2.51. The lowest BCUT2D eigenvalue weighted by Crippen LogP contribution is -2.29. The molecule has 5 nitrogen and oxygen atoms in total. The van der Waals surface area contributed by atoms with Crippen molar-refractivity contribution in [3.8, 4) is 0 Å². The molecule has 0 aliphatic carbocycles. The maximum Gasteiger partial charge on any atom is 0.176 e. The third kappa shape index (κ3) is 1.82. The second kappa shape index (κ2) is 3.63. The van der Waals surface area contributed by atoms with E-state index in [0.29, 0.717) is 12.4 Å². The number of ether oxygens (including phenoxy) is 1. The summed E-state index contributed by atoms with van der Waals surface area (Å²) in [7, 11) is 1.64. The van der Waals surface area contributed by atoms with Crippen molar-refractivity contribution in [1.82, 2.24) is 15.5 Å². The Morgan fingerprint density at radius 3 is 3.00 bits per heavy atom. The van der Waals surface area contributed by atoms with Gasteiger partial charge in [-0.15, -0.1) is 0 Å². The highest BCUT2D eigenvalue weighted by atomic mass is 16.5. The van der Waals surface area contributed by atoms with Crippen LogP contribution in [0.1, 0.15) is 12.6 Å². The molecule has 14 heavy (non-hydrogen) atoms. The molecule has 0 atom stereocenters.